The average molecular weight is 437 g/mol. The summed E-state index contributed by atoms with van der Waals surface area (Å²) < 4.78 is 19.0. The van der Waals surface area contributed by atoms with Gasteiger partial charge in [0.25, 0.3) is 5.91 Å². The number of piperazine rings is 1. The number of halogens is 1. The number of likely N-dealkylation sites (N-methyl/N-ethyl adjacent to an activating group) is 1. The number of benzene rings is 2. The van der Waals surface area contributed by atoms with Gasteiger partial charge in [0.05, 0.1) is 6.54 Å². The number of hydrogen-bond acceptors (Lipinski definition) is 5. The van der Waals surface area contributed by atoms with Gasteiger partial charge in [-0.25, -0.2) is 9.37 Å². The Balaban J connectivity index is 1.46. The van der Waals surface area contributed by atoms with Gasteiger partial charge in [0.2, 0.25) is 5.89 Å². The maximum absolute atomic E-state index is 13.3. The van der Waals surface area contributed by atoms with E-state index in [1.54, 1.807) is 12.1 Å². The first-order valence-corrected chi connectivity index (χ1v) is 10.9. The largest absolute Gasteiger partial charge is 0.447 e. The van der Waals surface area contributed by atoms with Crippen LogP contribution >= 0.6 is 0 Å². The van der Waals surface area contributed by atoms with Crippen LogP contribution in [-0.4, -0.2) is 58.8 Å². The Bertz CT molecular complexity index is 977. The Hall–Kier alpha value is -3.03. The molecule has 4 rings (SSSR count). The molecular weight excluding hydrogens is 407 g/mol. The SMILES string of the molecule is Cc1ccc(CN(Cc2ccc(F)cc2)Cc2nc(C(=O)N3CCN(C)CC3)co2)cc1. The van der Waals surface area contributed by atoms with Gasteiger partial charge in [-0.3, -0.25) is 9.69 Å². The van der Waals surface area contributed by atoms with E-state index >= 15 is 0 Å². The lowest BCUT2D eigenvalue weighted by Crippen LogP contribution is -2.47. The summed E-state index contributed by atoms with van der Waals surface area (Å²) in [5, 5.41) is 0. The zero-order valence-corrected chi connectivity index (χ0v) is 18.6. The standard InChI is InChI=1S/C25H29FN4O2/c1-19-3-5-20(6-4-19)15-29(16-21-7-9-22(26)10-8-21)17-24-27-23(18-32-24)25(31)30-13-11-28(2)12-14-30/h3-10,18H,11-17H2,1-2H3. The zero-order valence-electron chi connectivity index (χ0n) is 18.6. The predicted octanol–water partition coefficient (Wildman–Crippen LogP) is 3.71. The van der Waals surface area contributed by atoms with Gasteiger partial charge in [0, 0.05) is 39.3 Å². The van der Waals surface area contributed by atoms with Gasteiger partial charge in [-0.1, -0.05) is 42.0 Å². The molecule has 2 heterocycles. The smallest absolute Gasteiger partial charge is 0.275 e. The molecule has 0 unspecified atom stereocenters. The Labute approximate surface area is 188 Å². The minimum Gasteiger partial charge on any atom is -0.447 e. The van der Waals surface area contributed by atoms with Crippen LogP contribution in [0.25, 0.3) is 0 Å². The van der Waals surface area contributed by atoms with Crippen molar-refractivity contribution in [3.05, 3.63) is 88.9 Å². The molecule has 1 aliphatic heterocycles. The van der Waals surface area contributed by atoms with E-state index in [9.17, 15) is 9.18 Å². The summed E-state index contributed by atoms with van der Waals surface area (Å²) in [5.74, 6) is 0.159. The van der Waals surface area contributed by atoms with Crippen molar-refractivity contribution in [1.82, 2.24) is 19.7 Å². The van der Waals surface area contributed by atoms with Crippen LogP contribution in [0.15, 0.2) is 59.2 Å². The molecule has 0 atom stereocenters. The van der Waals surface area contributed by atoms with E-state index in [-0.39, 0.29) is 11.7 Å². The van der Waals surface area contributed by atoms with E-state index in [1.807, 2.05) is 4.90 Å². The molecule has 32 heavy (non-hydrogen) atoms. The van der Waals surface area contributed by atoms with E-state index in [2.05, 4.69) is 53.0 Å². The van der Waals surface area contributed by atoms with Gasteiger partial charge in [-0.2, -0.15) is 0 Å². The van der Waals surface area contributed by atoms with Crippen LogP contribution in [-0.2, 0) is 19.6 Å². The highest BCUT2D eigenvalue weighted by molar-refractivity contribution is 5.92. The number of aromatic nitrogens is 1. The van der Waals surface area contributed by atoms with Crippen molar-refractivity contribution in [2.24, 2.45) is 0 Å². The summed E-state index contributed by atoms with van der Waals surface area (Å²) in [7, 11) is 2.06. The highest BCUT2D eigenvalue weighted by Crippen LogP contribution is 2.16. The summed E-state index contributed by atoms with van der Waals surface area (Å²) in [6, 6.07) is 14.9. The molecule has 1 fully saturated rings. The number of amides is 1. The molecule has 0 saturated carbocycles. The third-order valence-electron chi connectivity index (χ3n) is 5.77. The first-order valence-electron chi connectivity index (χ1n) is 10.9. The summed E-state index contributed by atoms with van der Waals surface area (Å²) in [5.41, 5.74) is 3.72. The molecule has 2 aromatic carbocycles. The number of rotatable bonds is 7. The molecule has 168 valence electrons. The van der Waals surface area contributed by atoms with Crippen molar-refractivity contribution >= 4 is 5.91 Å². The van der Waals surface area contributed by atoms with Gasteiger partial charge in [-0.15, -0.1) is 0 Å². The van der Waals surface area contributed by atoms with Crippen molar-refractivity contribution in [3.8, 4) is 0 Å². The van der Waals surface area contributed by atoms with Crippen LogP contribution < -0.4 is 0 Å². The first kappa shape index (κ1) is 22.2. The Kier molecular flexibility index (Phi) is 6.97. The van der Waals surface area contributed by atoms with Crippen molar-refractivity contribution in [3.63, 3.8) is 0 Å². The fourth-order valence-electron chi connectivity index (χ4n) is 3.81. The van der Waals surface area contributed by atoms with Crippen LogP contribution in [0.5, 0.6) is 0 Å². The van der Waals surface area contributed by atoms with Gasteiger partial charge >= 0.3 is 0 Å². The molecule has 0 aliphatic carbocycles. The van der Waals surface area contributed by atoms with E-state index in [0.29, 0.717) is 44.3 Å². The maximum Gasteiger partial charge on any atom is 0.275 e. The molecule has 1 aromatic heterocycles. The second kappa shape index (κ2) is 10.1. The zero-order chi connectivity index (χ0) is 22.5. The lowest BCUT2D eigenvalue weighted by atomic mass is 10.1. The number of hydrogen-bond donors (Lipinski definition) is 0. The number of carbonyl (C=O) groups excluding carboxylic acids is 1. The molecule has 1 amide bonds. The van der Waals surface area contributed by atoms with Crippen molar-refractivity contribution in [2.75, 3.05) is 33.2 Å². The van der Waals surface area contributed by atoms with Gasteiger partial charge in [0.15, 0.2) is 5.69 Å². The quantitative estimate of drug-likeness (QED) is 0.565. The predicted molar refractivity (Wildman–Crippen MR) is 120 cm³/mol. The minimum absolute atomic E-state index is 0.0864. The maximum atomic E-state index is 13.3. The molecular formula is C25H29FN4O2. The Morgan fingerprint density at radius 2 is 1.56 bits per heavy atom. The Morgan fingerprint density at radius 1 is 0.969 bits per heavy atom. The van der Waals surface area contributed by atoms with E-state index in [4.69, 9.17) is 4.42 Å². The highest BCUT2D eigenvalue weighted by atomic mass is 19.1. The summed E-state index contributed by atoms with van der Waals surface area (Å²) >= 11 is 0. The topological polar surface area (TPSA) is 52.8 Å². The fraction of sp³-hybridized carbons (Fsp3) is 0.360. The molecule has 0 bridgehead atoms. The van der Waals surface area contributed by atoms with E-state index in [0.717, 1.165) is 24.2 Å². The van der Waals surface area contributed by atoms with Crippen LogP contribution in [0.1, 0.15) is 33.1 Å². The number of aryl methyl sites for hydroxylation is 1. The van der Waals surface area contributed by atoms with Crippen LogP contribution in [0.2, 0.25) is 0 Å². The summed E-state index contributed by atoms with van der Waals surface area (Å²) in [6.45, 7) is 6.91. The highest BCUT2D eigenvalue weighted by Gasteiger charge is 2.23. The molecule has 6 nitrogen and oxygen atoms in total. The monoisotopic (exact) mass is 436 g/mol. The third kappa shape index (κ3) is 5.81. The van der Waals surface area contributed by atoms with Crippen molar-refractivity contribution in [1.29, 1.82) is 0 Å². The van der Waals surface area contributed by atoms with Crippen LogP contribution in [0.4, 0.5) is 4.39 Å². The van der Waals surface area contributed by atoms with E-state index in [1.165, 1.54) is 24.0 Å². The van der Waals surface area contributed by atoms with Crippen LogP contribution in [0.3, 0.4) is 0 Å². The fourth-order valence-corrected chi connectivity index (χ4v) is 3.81. The number of oxazole rings is 1. The van der Waals surface area contributed by atoms with Crippen molar-refractivity contribution in [2.45, 2.75) is 26.6 Å². The van der Waals surface area contributed by atoms with E-state index < -0.39 is 0 Å². The van der Waals surface area contributed by atoms with Gasteiger partial charge < -0.3 is 14.2 Å². The summed E-state index contributed by atoms with van der Waals surface area (Å²) in [6.07, 6.45) is 1.46. The first-order chi connectivity index (χ1) is 15.5. The third-order valence-corrected chi connectivity index (χ3v) is 5.77. The Morgan fingerprint density at radius 3 is 2.19 bits per heavy atom. The minimum atomic E-state index is -0.251. The second-order valence-corrected chi connectivity index (χ2v) is 8.48. The summed E-state index contributed by atoms with van der Waals surface area (Å²) in [4.78, 5) is 23.5. The molecule has 0 N–H and O–H groups in total. The molecule has 3 aromatic rings. The van der Waals surface area contributed by atoms with Gasteiger partial charge in [0.1, 0.15) is 12.1 Å². The lowest BCUT2D eigenvalue weighted by Gasteiger charge is -2.31. The molecule has 1 saturated heterocycles. The molecule has 7 heteroatoms. The molecule has 0 spiro atoms. The average Bonchev–Trinajstić information content (AvgIpc) is 3.25. The normalized spacial score (nSPS) is 14.8. The second-order valence-electron chi connectivity index (χ2n) is 8.48. The molecule has 1 aliphatic rings. The van der Waals surface area contributed by atoms with Gasteiger partial charge in [-0.05, 0) is 37.2 Å². The molecule has 0 radical (unpaired) electrons. The number of nitrogens with zero attached hydrogens (tertiary/aromatic N) is 4. The van der Waals surface area contributed by atoms with Crippen LogP contribution in [0, 0.1) is 12.7 Å². The number of carbonyl (C=O) groups is 1. The lowest BCUT2D eigenvalue weighted by molar-refractivity contribution is 0.0658. The van der Waals surface area contributed by atoms with Crippen molar-refractivity contribution < 1.29 is 13.6 Å².